The normalized spacial score (nSPS) is 10.2. The molecule has 7 heteroatoms. The topological polar surface area (TPSA) is 73.1 Å². The molecule has 1 aromatic heterocycles. The van der Waals surface area contributed by atoms with E-state index in [9.17, 15) is 0 Å². The van der Waals surface area contributed by atoms with Crippen molar-refractivity contribution in [2.75, 3.05) is 18.2 Å². The van der Waals surface area contributed by atoms with Crippen molar-refractivity contribution in [2.24, 2.45) is 0 Å². The van der Waals surface area contributed by atoms with Crippen LogP contribution >= 0.6 is 27.5 Å². The van der Waals surface area contributed by atoms with E-state index in [2.05, 4.69) is 31.2 Å². The molecule has 1 aromatic carbocycles. The molecule has 0 unspecified atom stereocenters. The van der Waals surface area contributed by atoms with E-state index in [4.69, 9.17) is 22.1 Å². The fraction of sp³-hybridized carbons (Fsp3) is 0.0909. The van der Waals surface area contributed by atoms with Crippen LogP contribution in [-0.4, -0.2) is 17.1 Å². The molecule has 0 radical (unpaired) electrons. The molecule has 0 aliphatic heterocycles. The van der Waals surface area contributed by atoms with E-state index in [1.165, 1.54) is 13.4 Å². The molecule has 0 spiro atoms. The number of nitrogens with one attached hydrogen (secondary N) is 1. The summed E-state index contributed by atoms with van der Waals surface area (Å²) in [5, 5.41) is 3.61. The summed E-state index contributed by atoms with van der Waals surface area (Å²) in [5.41, 5.74) is 6.40. The number of rotatable bonds is 3. The van der Waals surface area contributed by atoms with Crippen molar-refractivity contribution in [2.45, 2.75) is 0 Å². The maximum Gasteiger partial charge on any atom is 0.204 e. The number of ether oxygens (including phenoxy) is 1. The fourth-order valence-corrected chi connectivity index (χ4v) is 2.12. The second-order valence-electron chi connectivity index (χ2n) is 3.39. The Morgan fingerprint density at radius 3 is 2.83 bits per heavy atom. The van der Waals surface area contributed by atoms with Gasteiger partial charge in [-0.2, -0.15) is 0 Å². The molecule has 0 amide bonds. The zero-order valence-electron chi connectivity index (χ0n) is 9.45. The highest BCUT2D eigenvalue weighted by atomic mass is 79.9. The summed E-state index contributed by atoms with van der Waals surface area (Å²) in [4.78, 5) is 7.92. The third-order valence-electron chi connectivity index (χ3n) is 2.22. The van der Waals surface area contributed by atoms with Gasteiger partial charge in [-0.25, -0.2) is 9.97 Å². The summed E-state index contributed by atoms with van der Waals surface area (Å²) in [7, 11) is 1.50. The number of halogens is 2. The smallest absolute Gasteiger partial charge is 0.204 e. The molecule has 0 saturated carbocycles. The SMILES string of the molecule is COc1c(N)ncnc1Nc1ccc(Br)cc1Cl. The van der Waals surface area contributed by atoms with Gasteiger partial charge in [0.05, 0.1) is 17.8 Å². The zero-order valence-corrected chi connectivity index (χ0v) is 11.8. The van der Waals surface area contributed by atoms with Crippen LogP contribution in [-0.2, 0) is 0 Å². The van der Waals surface area contributed by atoms with Crippen molar-refractivity contribution in [1.82, 2.24) is 9.97 Å². The monoisotopic (exact) mass is 328 g/mol. The summed E-state index contributed by atoms with van der Waals surface area (Å²) < 4.78 is 6.04. The molecule has 0 aliphatic carbocycles. The maximum absolute atomic E-state index is 6.11. The van der Waals surface area contributed by atoms with Gasteiger partial charge in [0.25, 0.3) is 0 Å². The third kappa shape index (κ3) is 2.65. The zero-order chi connectivity index (χ0) is 13.1. The molecule has 3 N–H and O–H groups in total. The van der Waals surface area contributed by atoms with Gasteiger partial charge in [0, 0.05) is 4.47 Å². The molecule has 1 heterocycles. The molecule has 2 aromatic rings. The van der Waals surface area contributed by atoms with Crippen molar-refractivity contribution in [3.63, 3.8) is 0 Å². The first-order valence-corrected chi connectivity index (χ1v) is 6.15. The molecule has 0 saturated heterocycles. The summed E-state index contributed by atoms with van der Waals surface area (Å²) >= 11 is 9.45. The molecule has 18 heavy (non-hydrogen) atoms. The van der Waals surface area contributed by atoms with Gasteiger partial charge in [0.1, 0.15) is 6.33 Å². The van der Waals surface area contributed by atoms with E-state index < -0.39 is 0 Å². The van der Waals surface area contributed by atoms with Crippen LogP contribution in [0.2, 0.25) is 5.02 Å². The Bertz CT molecular complexity index is 579. The van der Waals surface area contributed by atoms with Crippen LogP contribution in [0.3, 0.4) is 0 Å². The average Bonchev–Trinajstić information content (AvgIpc) is 2.33. The van der Waals surface area contributed by atoms with Gasteiger partial charge in [-0.3, -0.25) is 0 Å². The first-order valence-electron chi connectivity index (χ1n) is 4.98. The second kappa shape index (κ2) is 5.41. The summed E-state index contributed by atoms with van der Waals surface area (Å²) in [6, 6.07) is 5.47. The van der Waals surface area contributed by atoms with Crippen LogP contribution in [0.5, 0.6) is 5.75 Å². The number of benzene rings is 1. The Morgan fingerprint density at radius 1 is 1.39 bits per heavy atom. The minimum atomic E-state index is 0.267. The molecule has 5 nitrogen and oxygen atoms in total. The molecule has 0 fully saturated rings. The Labute approximate surface area is 117 Å². The number of hydrogen-bond acceptors (Lipinski definition) is 5. The van der Waals surface area contributed by atoms with Crippen molar-refractivity contribution < 1.29 is 4.74 Å². The molecule has 0 bridgehead atoms. The summed E-state index contributed by atoms with van der Waals surface area (Å²) in [6.07, 6.45) is 1.35. The van der Waals surface area contributed by atoms with Crippen LogP contribution in [0, 0.1) is 0 Å². The fourth-order valence-electron chi connectivity index (χ4n) is 1.40. The molecular weight excluding hydrogens is 320 g/mol. The number of aromatic nitrogens is 2. The largest absolute Gasteiger partial charge is 0.490 e. The van der Waals surface area contributed by atoms with E-state index in [0.717, 1.165) is 4.47 Å². The highest BCUT2D eigenvalue weighted by Gasteiger charge is 2.11. The number of nitrogens with zero attached hydrogens (tertiary/aromatic N) is 2. The van der Waals surface area contributed by atoms with Gasteiger partial charge in [-0.15, -0.1) is 0 Å². The van der Waals surface area contributed by atoms with Crippen LogP contribution < -0.4 is 15.8 Å². The standard InChI is InChI=1S/C11H10BrClN4O/c1-18-9-10(14)15-5-16-11(9)17-8-3-2-6(12)4-7(8)13/h2-5H,1H3,(H3,14,15,16,17). The lowest BCUT2D eigenvalue weighted by molar-refractivity contribution is 0.415. The van der Waals surface area contributed by atoms with Crippen molar-refractivity contribution >= 4 is 44.9 Å². The third-order valence-corrected chi connectivity index (χ3v) is 3.03. The van der Waals surface area contributed by atoms with E-state index in [0.29, 0.717) is 22.3 Å². The van der Waals surface area contributed by atoms with Gasteiger partial charge < -0.3 is 15.8 Å². The van der Waals surface area contributed by atoms with Crippen molar-refractivity contribution in [3.05, 3.63) is 34.0 Å². The molecule has 0 aliphatic rings. The summed E-state index contributed by atoms with van der Waals surface area (Å²) in [6.45, 7) is 0. The molecule has 0 atom stereocenters. The van der Waals surface area contributed by atoms with Gasteiger partial charge in [0.15, 0.2) is 11.6 Å². The number of hydrogen-bond donors (Lipinski definition) is 2. The van der Waals surface area contributed by atoms with Gasteiger partial charge >= 0.3 is 0 Å². The predicted molar refractivity (Wildman–Crippen MR) is 75.4 cm³/mol. The first-order chi connectivity index (χ1) is 8.61. The van der Waals surface area contributed by atoms with E-state index in [-0.39, 0.29) is 5.82 Å². The number of anilines is 3. The highest BCUT2D eigenvalue weighted by molar-refractivity contribution is 9.10. The molecule has 2 rings (SSSR count). The van der Waals surface area contributed by atoms with Crippen molar-refractivity contribution in [1.29, 1.82) is 0 Å². The van der Waals surface area contributed by atoms with Crippen LogP contribution in [0.25, 0.3) is 0 Å². The highest BCUT2D eigenvalue weighted by Crippen LogP contribution is 2.33. The molecule has 94 valence electrons. The quantitative estimate of drug-likeness (QED) is 0.904. The van der Waals surface area contributed by atoms with E-state index >= 15 is 0 Å². The Hall–Kier alpha value is -1.53. The van der Waals surface area contributed by atoms with E-state index in [1.54, 1.807) is 6.07 Å². The number of methoxy groups -OCH3 is 1. The van der Waals surface area contributed by atoms with Gasteiger partial charge in [-0.05, 0) is 18.2 Å². The average molecular weight is 330 g/mol. The number of nitrogens with two attached hydrogens (primary N) is 1. The van der Waals surface area contributed by atoms with Gasteiger partial charge in [-0.1, -0.05) is 27.5 Å². The Morgan fingerprint density at radius 2 is 2.17 bits per heavy atom. The molecular formula is C11H10BrClN4O. The minimum Gasteiger partial charge on any atom is -0.490 e. The minimum absolute atomic E-state index is 0.267. The van der Waals surface area contributed by atoms with Crippen LogP contribution in [0.1, 0.15) is 0 Å². The summed E-state index contributed by atoms with van der Waals surface area (Å²) in [5.74, 6) is 1.12. The lowest BCUT2D eigenvalue weighted by Gasteiger charge is -2.12. The Kier molecular flexibility index (Phi) is 3.88. The maximum atomic E-state index is 6.11. The Balaban J connectivity index is 2.37. The lowest BCUT2D eigenvalue weighted by Crippen LogP contribution is -2.03. The van der Waals surface area contributed by atoms with Gasteiger partial charge in [0.2, 0.25) is 5.75 Å². The van der Waals surface area contributed by atoms with Crippen LogP contribution in [0.4, 0.5) is 17.3 Å². The first kappa shape index (κ1) is 12.9. The lowest BCUT2D eigenvalue weighted by atomic mass is 10.3. The second-order valence-corrected chi connectivity index (χ2v) is 4.71. The van der Waals surface area contributed by atoms with E-state index in [1.807, 2.05) is 12.1 Å². The van der Waals surface area contributed by atoms with Crippen LogP contribution in [0.15, 0.2) is 29.0 Å². The number of nitrogen functional groups attached to an aromatic ring is 1. The predicted octanol–water partition coefficient (Wildman–Crippen LogP) is 3.23. The van der Waals surface area contributed by atoms with Crippen molar-refractivity contribution in [3.8, 4) is 5.75 Å².